The minimum atomic E-state index is -3.46. The van der Waals surface area contributed by atoms with E-state index in [4.69, 9.17) is 16.3 Å². The minimum Gasteiger partial charge on any atom is -0.481 e. The lowest BCUT2D eigenvalue weighted by molar-refractivity contribution is -0.122. The van der Waals surface area contributed by atoms with E-state index in [-0.39, 0.29) is 10.8 Å². The van der Waals surface area contributed by atoms with Gasteiger partial charge in [-0.1, -0.05) is 11.6 Å². The van der Waals surface area contributed by atoms with Crippen LogP contribution < -0.4 is 10.1 Å². The molecule has 1 amide bonds. The topological polar surface area (TPSA) is 75.7 Å². The first-order valence-electron chi connectivity index (χ1n) is 9.11. The maximum Gasteiger partial charge on any atom is 0.265 e. The predicted molar refractivity (Wildman–Crippen MR) is 109 cm³/mol. The van der Waals surface area contributed by atoms with Crippen LogP contribution in [-0.4, -0.2) is 37.8 Å². The monoisotopic (exact) mass is 422 g/mol. The summed E-state index contributed by atoms with van der Waals surface area (Å²) in [4.78, 5) is 12.6. The third kappa shape index (κ3) is 4.66. The second kappa shape index (κ2) is 8.51. The molecule has 0 radical (unpaired) electrons. The highest BCUT2D eigenvalue weighted by Gasteiger charge is 2.27. The van der Waals surface area contributed by atoms with E-state index in [2.05, 4.69) is 5.32 Å². The number of anilines is 1. The van der Waals surface area contributed by atoms with Gasteiger partial charge in [-0.05, 0) is 74.7 Å². The highest BCUT2D eigenvalue weighted by molar-refractivity contribution is 7.89. The van der Waals surface area contributed by atoms with Crippen LogP contribution in [0.25, 0.3) is 0 Å². The molecule has 6 nitrogen and oxygen atoms in total. The van der Waals surface area contributed by atoms with Crippen LogP contribution in [0.2, 0.25) is 5.02 Å². The summed E-state index contributed by atoms with van der Waals surface area (Å²) in [6.45, 7) is 4.61. The summed E-state index contributed by atoms with van der Waals surface area (Å²) in [6.07, 6.45) is 1.05. The summed E-state index contributed by atoms with van der Waals surface area (Å²) < 4.78 is 32.3. The molecule has 1 N–H and O–H groups in total. The first-order valence-corrected chi connectivity index (χ1v) is 10.9. The maximum absolute atomic E-state index is 12.5. The number of nitrogens with zero attached hydrogens (tertiary/aromatic N) is 1. The molecule has 0 spiro atoms. The predicted octanol–water partition coefficient (Wildman–Crippen LogP) is 3.84. The Morgan fingerprint density at radius 3 is 2.39 bits per heavy atom. The number of benzene rings is 2. The van der Waals surface area contributed by atoms with Crippen LogP contribution in [0.1, 0.15) is 25.3 Å². The van der Waals surface area contributed by atoms with Gasteiger partial charge in [-0.25, -0.2) is 8.42 Å². The highest BCUT2D eigenvalue weighted by atomic mass is 35.5. The number of nitrogens with one attached hydrogen (secondary N) is 1. The summed E-state index contributed by atoms with van der Waals surface area (Å²) >= 11 is 5.93. The summed E-state index contributed by atoms with van der Waals surface area (Å²) in [5.41, 5.74) is 1.34. The lowest BCUT2D eigenvalue weighted by Crippen LogP contribution is -2.30. The Morgan fingerprint density at radius 2 is 1.79 bits per heavy atom. The van der Waals surface area contributed by atoms with Crippen molar-refractivity contribution in [2.75, 3.05) is 18.4 Å². The average Bonchev–Trinajstić information content (AvgIpc) is 3.20. The third-order valence-corrected chi connectivity index (χ3v) is 6.78. The maximum atomic E-state index is 12.5. The highest BCUT2D eigenvalue weighted by Crippen LogP contribution is 2.24. The number of carbonyl (C=O) groups is 1. The van der Waals surface area contributed by atoms with Gasteiger partial charge in [0.1, 0.15) is 5.75 Å². The lowest BCUT2D eigenvalue weighted by Gasteiger charge is -2.17. The Kier molecular flexibility index (Phi) is 6.27. The molecule has 1 saturated heterocycles. The molecule has 8 heteroatoms. The van der Waals surface area contributed by atoms with Gasteiger partial charge in [0, 0.05) is 23.8 Å². The van der Waals surface area contributed by atoms with Gasteiger partial charge in [0.05, 0.1) is 4.90 Å². The quantitative estimate of drug-likeness (QED) is 0.767. The Hall–Kier alpha value is -2.09. The molecular weight excluding hydrogens is 400 g/mol. The molecule has 1 fully saturated rings. The Labute approximate surface area is 170 Å². The van der Waals surface area contributed by atoms with E-state index in [0.717, 1.165) is 18.4 Å². The van der Waals surface area contributed by atoms with Crippen molar-refractivity contribution in [1.29, 1.82) is 0 Å². The van der Waals surface area contributed by atoms with Crippen molar-refractivity contribution in [2.45, 2.75) is 37.7 Å². The zero-order chi connectivity index (χ0) is 20.3. The third-order valence-electron chi connectivity index (χ3n) is 4.63. The largest absolute Gasteiger partial charge is 0.481 e. The fraction of sp³-hybridized carbons (Fsp3) is 0.350. The van der Waals surface area contributed by atoms with Crippen molar-refractivity contribution in [3.8, 4) is 5.75 Å². The van der Waals surface area contributed by atoms with E-state index in [1.54, 1.807) is 37.3 Å². The molecule has 150 valence electrons. The Balaban J connectivity index is 1.63. The first kappa shape index (κ1) is 20.6. The summed E-state index contributed by atoms with van der Waals surface area (Å²) in [5.74, 6) is 0.253. The molecule has 0 saturated carbocycles. The van der Waals surface area contributed by atoms with Crippen LogP contribution in [0.4, 0.5) is 5.69 Å². The van der Waals surface area contributed by atoms with Crippen LogP contribution in [0, 0.1) is 6.92 Å². The van der Waals surface area contributed by atoms with Crippen molar-refractivity contribution in [2.24, 2.45) is 0 Å². The minimum absolute atomic E-state index is 0.230. The van der Waals surface area contributed by atoms with Crippen LogP contribution in [-0.2, 0) is 14.8 Å². The molecule has 28 heavy (non-hydrogen) atoms. The van der Waals surface area contributed by atoms with Crippen molar-refractivity contribution in [1.82, 2.24) is 4.31 Å². The van der Waals surface area contributed by atoms with Crippen LogP contribution in [0.3, 0.4) is 0 Å². The molecule has 3 rings (SSSR count). The number of halogens is 1. The summed E-state index contributed by atoms with van der Waals surface area (Å²) in [7, 11) is -3.46. The molecular formula is C20H23ClN2O4S. The van der Waals surface area contributed by atoms with Crippen LogP contribution >= 0.6 is 11.6 Å². The van der Waals surface area contributed by atoms with E-state index >= 15 is 0 Å². The van der Waals surface area contributed by atoms with Gasteiger partial charge >= 0.3 is 0 Å². The number of hydrogen-bond acceptors (Lipinski definition) is 4. The van der Waals surface area contributed by atoms with Gasteiger partial charge in [0.15, 0.2) is 6.10 Å². The number of ether oxygens (including phenoxy) is 1. The lowest BCUT2D eigenvalue weighted by atomic mass is 10.2. The number of aryl methyl sites for hydroxylation is 1. The van der Waals surface area contributed by atoms with Gasteiger partial charge in [0.2, 0.25) is 10.0 Å². The molecule has 1 unspecified atom stereocenters. The second-order valence-electron chi connectivity index (χ2n) is 6.79. The molecule has 1 aliphatic heterocycles. The zero-order valence-electron chi connectivity index (χ0n) is 15.8. The number of rotatable bonds is 6. The number of hydrogen-bond donors (Lipinski definition) is 1. The summed E-state index contributed by atoms with van der Waals surface area (Å²) in [6, 6.07) is 11.4. The molecule has 2 aromatic carbocycles. The van der Waals surface area contributed by atoms with Crippen LogP contribution in [0.5, 0.6) is 5.75 Å². The fourth-order valence-electron chi connectivity index (χ4n) is 3.02. The molecule has 2 aromatic rings. The Morgan fingerprint density at radius 1 is 1.14 bits per heavy atom. The van der Waals surface area contributed by atoms with Gasteiger partial charge < -0.3 is 10.1 Å². The second-order valence-corrected chi connectivity index (χ2v) is 9.17. The molecule has 0 aromatic heterocycles. The Bertz CT molecular complexity index is 955. The molecule has 1 heterocycles. The van der Waals surface area contributed by atoms with Crippen molar-refractivity contribution in [3.63, 3.8) is 0 Å². The standard InChI is InChI=1S/C20H23ClN2O4S/c1-14-13-16(21)5-10-19(14)27-15(2)20(24)22-17-6-8-18(9-7-17)28(25,26)23-11-3-4-12-23/h5-10,13,15H,3-4,11-12H2,1-2H3,(H,22,24). The smallest absolute Gasteiger partial charge is 0.265 e. The number of carbonyl (C=O) groups excluding carboxylic acids is 1. The van der Waals surface area contributed by atoms with Crippen molar-refractivity contribution < 1.29 is 17.9 Å². The molecule has 1 aliphatic rings. The number of amides is 1. The van der Waals surface area contributed by atoms with Crippen molar-refractivity contribution >= 4 is 33.2 Å². The summed E-state index contributed by atoms with van der Waals surface area (Å²) in [5, 5.41) is 3.35. The molecule has 0 bridgehead atoms. The van der Waals surface area contributed by atoms with Gasteiger partial charge in [0.25, 0.3) is 5.91 Å². The van der Waals surface area contributed by atoms with Gasteiger partial charge in [-0.2, -0.15) is 4.31 Å². The van der Waals surface area contributed by atoms with Crippen molar-refractivity contribution in [3.05, 3.63) is 53.1 Å². The van der Waals surface area contributed by atoms with Crippen LogP contribution in [0.15, 0.2) is 47.4 Å². The van der Waals surface area contributed by atoms with Gasteiger partial charge in [-0.15, -0.1) is 0 Å². The van der Waals surface area contributed by atoms with E-state index in [1.165, 1.54) is 16.4 Å². The van der Waals surface area contributed by atoms with E-state index in [9.17, 15) is 13.2 Å². The SMILES string of the molecule is Cc1cc(Cl)ccc1OC(C)C(=O)Nc1ccc(S(=O)(=O)N2CCCC2)cc1. The first-order chi connectivity index (χ1) is 13.3. The van der Waals surface area contributed by atoms with E-state index in [1.807, 2.05) is 6.92 Å². The number of sulfonamides is 1. The molecule has 0 aliphatic carbocycles. The fourth-order valence-corrected chi connectivity index (χ4v) is 4.76. The van der Waals surface area contributed by atoms with E-state index < -0.39 is 16.1 Å². The molecule has 1 atom stereocenters. The zero-order valence-corrected chi connectivity index (χ0v) is 17.4. The average molecular weight is 423 g/mol. The van der Waals surface area contributed by atoms with Gasteiger partial charge in [-0.3, -0.25) is 4.79 Å². The normalized spacial score (nSPS) is 16.0. The van der Waals surface area contributed by atoms with E-state index in [0.29, 0.717) is 29.5 Å².